The van der Waals surface area contributed by atoms with E-state index in [1.165, 1.54) is 39.0 Å². The van der Waals surface area contributed by atoms with Crippen molar-refractivity contribution in [3.63, 3.8) is 0 Å². The van der Waals surface area contributed by atoms with Crippen molar-refractivity contribution in [3.8, 4) is 0 Å². The Morgan fingerprint density at radius 2 is 2.23 bits per heavy atom. The van der Waals surface area contributed by atoms with E-state index in [4.69, 9.17) is 0 Å². The summed E-state index contributed by atoms with van der Waals surface area (Å²) >= 11 is 0. The van der Waals surface area contributed by atoms with Gasteiger partial charge in [-0.1, -0.05) is 13.8 Å². The van der Waals surface area contributed by atoms with Crippen LogP contribution in [0.4, 0.5) is 0 Å². The summed E-state index contributed by atoms with van der Waals surface area (Å²) in [6.45, 7) is 11.8. The highest BCUT2D eigenvalue weighted by Crippen LogP contribution is 2.08. The first kappa shape index (κ1) is 11.0. The van der Waals surface area contributed by atoms with Gasteiger partial charge in [-0.15, -0.1) is 0 Å². The molecule has 0 aliphatic carbocycles. The maximum atomic E-state index is 3.42. The molecule has 1 aliphatic heterocycles. The Morgan fingerprint density at radius 1 is 1.46 bits per heavy atom. The maximum absolute atomic E-state index is 3.42. The van der Waals surface area contributed by atoms with Gasteiger partial charge in [0.05, 0.1) is 0 Å². The van der Waals surface area contributed by atoms with E-state index in [9.17, 15) is 0 Å². The van der Waals surface area contributed by atoms with Crippen LogP contribution in [-0.4, -0.2) is 37.1 Å². The molecule has 1 saturated heterocycles. The quantitative estimate of drug-likeness (QED) is 0.715. The summed E-state index contributed by atoms with van der Waals surface area (Å²) in [4.78, 5) is 2.61. The fourth-order valence-electron chi connectivity index (χ4n) is 1.92. The summed E-state index contributed by atoms with van der Waals surface area (Å²) in [6.07, 6.45) is 2.73. The van der Waals surface area contributed by atoms with Gasteiger partial charge in [-0.3, -0.25) is 4.90 Å². The molecule has 1 fully saturated rings. The van der Waals surface area contributed by atoms with E-state index in [2.05, 4.69) is 31.0 Å². The minimum atomic E-state index is 0.737. The Bertz CT molecular complexity index is 134. The lowest BCUT2D eigenvalue weighted by Crippen LogP contribution is -2.49. The molecule has 0 spiro atoms. The minimum Gasteiger partial charge on any atom is -0.314 e. The lowest BCUT2D eigenvalue weighted by atomic mass is 10.1. The van der Waals surface area contributed by atoms with Crippen LogP contribution in [0.2, 0.25) is 0 Å². The van der Waals surface area contributed by atoms with Crippen molar-refractivity contribution in [1.82, 2.24) is 10.2 Å². The van der Waals surface area contributed by atoms with Crippen molar-refractivity contribution in [2.75, 3.05) is 26.2 Å². The molecule has 1 unspecified atom stereocenters. The van der Waals surface area contributed by atoms with Gasteiger partial charge in [0.2, 0.25) is 0 Å². The molecule has 1 atom stereocenters. The van der Waals surface area contributed by atoms with Crippen LogP contribution in [0.5, 0.6) is 0 Å². The number of rotatable bonds is 4. The second kappa shape index (κ2) is 5.61. The first-order chi connectivity index (χ1) is 6.20. The van der Waals surface area contributed by atoms with Crippen LogP contribution in [0.15, 0.2) is 0 Å². The highest BCUT2D eigenvalue weighted by Gasteiger charge is 2.16. The first-order valence-corrected chi connectivity index (χ1v) is 5.65. The van der Waals surface area contributed by atoms with Crippen LogP contribution in [-0.2, 0) is 0 Å². The topological polar surface area (TPSA) is 15.3 Å². The number of nitrogens with one attached hydrogen (secondary N) is 1. The van der Waals surface area contributed by atoms with Gasteiger partial charge in [0, 0.05) is 25.7 Å². The third-order valence-electron chi connectivity index (χ3n) is 2.87. The third kappa shape index (κ3) is 4.10. The number of hydrogen-bond donors (Lipinski definition) is 1. The first-order valence-electron chi connectivity index (χ1n) is 5.65. The van der Waals surface area contributed by atoms with Crippen molar-refractivity contribution in [1.29, 1.82) is 0 Å². The molecule has 0 saturated carbocycles. The molecule has 13 heavy (non-hydrogen) atoms. The molecule has 1 heterocycles. The summed E-state index contributed by atoms with van der Waals surface area (Å²) in [7, 11) is 0. The Kier molecular flexibility index (Phi) is 4.74. The average Bonchev–Trinajstić information content (AvgIpc) is 2.08. The van der Waals surface area contributed by atoms with Crippen molar-refractivity contribution in [3.05, 3.63) is 0 Å². The summed E-state index contributed by atoms with van der Waals surface area (Å²) in [6, 6.07) is 0.737. The second-order valence-electron chi connectivity index (χ2n) is 4.63. The normalized spacial score (nSPS) is 25.4. The van der Waals surface area contributed by atoms with Crippen LogP contribution in [0, 0.1) is 5.92 Å². The molecule has 1 aliphatic rings. The predicted octanol–water partition coefficient (Wildman–Crippen LogP) is 1.72. The van der Waals surface area contributed by atoms with Gasteiger partial charge in [-0.05, 0) is 32.2 Å². The maximum Gasteiger partial charge on any atom is 0.0192 e. The summed E-state index contributed by atoms with van der Waals surface area (Å²) in [5.41, 5.74) is 0. The van der Waals surface area contributed by atoms with Crippen LogP contribution >= 0.6 is 0 Å². The molecule has 1 N–H and O–H groups in total. The number of nitrogens with zero attached hydrogens (tertiary/aromatic N) is 1. The van der Waals surface area contributed by atoms with Crippen LogP contribution < -0.4 is 5.32 Å². The average molecular weight is 184 g/mol. The second-order valence-corrected chi connectivity index (χ2v) is 4.63. The Labute approximate surface area is 82.7 Å². The zero-order valence-corrected chi connectivity index (χ0v) is 9.34. The van der Waals surface area contributed by atoms with Gasteiger partial charge in [0.15, 0.2) is 0 Å². The number of piperazine rings is 1. The molecule has 0 radical (unpaired) electrons. The van der Waals surface area contributed by atoms with E-state index in [0.717, 1.165) is 12.0 Å². The van der Waals surface area contributed by atoms with Gasteiger partial charge >= 0.3 is 0 Å². The largest absolute Gasteiger partial charge is 0.314 e. The molecule has 2 nitrogen and oxygen atoms in total. The predicted molar refractivity (Wildman–Crippen MR) is 58.0 cm³/mol. The summed E-state index contributed by atoms with van der Waals surface area (Å²) in [5.74, 6) is 0.859. The Morgan fingerprint density at radius 3 is 2.85 bits per heavy atom. The van der Waals surface area contributed by atoms with E-state index in [-0.39, 0.29) is 0 Å². The molecule has 0 aromatic heterocycles. The molecular weight excluding hydrogens is 160 g/mol. The Hall–Kier alpha value is -0.0800. The van der Waals surface area contributed by atoms with Crippen LogP contribution in [0.25, 0.3) is 0 Å². The Balaban J connectivity index is 2.11. The lowest BCUT2D eigenvalue weighted by molar-refractivity contribution is 0.169. The zero-order valence-electron chi connectivity index (χ0n) is 9.34. The molecule has 78 valence electrons. The van der Waals surface area contributed by atoms with Gasteiger partial charge in [-0.25, -0.2) is 0 Å². The molecule has 0 aromatic rings. The summed E-state index contributed by atoms with van der Waals surface area (Å²) < 4.78 is 0. The van der Waals surface area contributed by atoms with Crippen molar-refractivity contribution >= 4 is 0 Å². The highest BCUT2D eigenvalue weighted by atomic mass is 15.2. The molecule has 0 bridgehead atoms. The van der Waals surface area contributed by atoms with Crippen molar-refractivity contribution in [2.24, 2.45) is 5.92 Å². The smallest absolute Gasteiger partial charge is 0.0192 e. The molecule has 0 amide bonds. The lowest BCUT2D eigenvalue weighted by Gasteiger charge is -2.34. The van der Waals surface area contributed by atoms with Crippen molar-refractivity contribution < 1.29 is 0 Å². The third-order valence-corrected chi connectivity index (χ3v) is 2.87. The van der Waals surface area contributed by atoms with Gasteiger partial charge in [0.1, 0.15) is 0 Å². The number of hydrogen-bond acceptors (Lipinski definition) is 2. The monoisotopic (exact) mass is 184 g/mol. The fraction of sp³-hybridized carbons (Fsp3) is 1.00. The van der Waals surface area contributed by atoms with E-state index in [1.807, 2.05) is 0 Å². The van der Waals surface area contributed by atoms with Gasteiger partial charge in [-0.2, -0.15) is 0 Å². The zero-order chi connectivity index (χ0) is 9.68. The van der Waals surface area contributed by atoms with Gasteiger partial charge in [0.25, 0.3) is 0 Å². The van der Waals surface area contributed by atoms with Gasteiger partial charge < -0.3 is 5.32 Å². The molecular formula is C11H24N2. The SMILES string of the molecule is CC(C)CCCN1CCNCC1C. The minimum absolute atomic E-state index is 0.737. The van der Waals surface area contributed by atoms with Crippen LogP contribution in [0.3, 0.4) is 0 Å². The molecule has 1 rings (SSSR count). The standard InChI is InChI=1S/C11H24N2/c1-10(2)5-4-7-13-8-6-12-9-11(13)3/h10-12H,4-9H2,1-3H3. The fourth-order valence-corrected chi connectivity index (χ4v) is 1.92. The van der Waals surface area contributed by atoms with E-state index >= 15 is 0 Å². The van der Waals surface area contributed by atoms with E-state index in [1.54, 1.807) is 0 Å². The summed E-state index contributed by atoms with van der Waals surface area (Å²) in [5, 5.41) is 3.42. The molecule has 0 aromatic carbocycles. The van der Waals surface area contributed by atoms with E-state index < -0.39 is 0 Å². The van der Waals surface area contributed by atoms with Crippen molar-refractivity contribution in [2.45, 2.75) is 39.7 Å². The highest BCUT2D eigenvalue weighted by molar-refractivity contribution is 4.75. The molecule has 2 heteroatoms. The van der Waals surface area contributed by atoms with E-state index in [0.29, 0.717) is 0 Å². The van der Waals surface area contributed by atoms with Crippen LogP contribution in [0.1, 0.15) is 33.6 Å².